The second-order valence-corrected chi connectivity index (χ2v) is 4.29. The number of benzene rings is 1. The second-order valence-electron chi connectivity index (χ2n) is 4.29. The Morgan fingerprint density at radius 2 is 2.00 bits per heavy atom. The molecule has 1 aromatic carbocycles. The van der Waals surface area contributed by atoms with Gasteiger partial charge < -0.3 is 0 Å². The number of anilines is 1. The molecule has 2 rings (SSSR count). The van der Waals surface area contributed by atoms with Crippen LogP contribution in [0, 0.1) is 6.92 Å². The highest BCUT2D eigenvalue weighted by Crippen LogP contribution is 2.33. The Labute approximate surface area is 110 Å². The summed E-state index contributed by atoms with van der Waals surface area (Å²) < 4.78 is 0. The molecule has 2 nitrogen and oxygen atoms in total. The van der Waals surface area contributed by atoms with Crippen molar-refractivity contribution < 1.29 is 5.21 Å². The minimum atomic E-state index is 0.803. The zero-order valence-corrected chi connectivity index (χ0v) is 12.0. The third-order valence-electron chi connectivity index (χ3n) is 2.96. The van der Waals surface area contributed by atoms with Crippen molar-refractivity contribution in [2.24, 2.45) is 0 Å². The van der Waals surface area contributed by atoms with Crippen LogP contribution in [0.25, 0.3) is 0 Å². The van der Waals surface area contributed by atoms with Crippen LogP contribution in [0.5, 0.6) is 0 Å². The maximum absolute atomic E-state index is 10.0. The molecule has 0 atom stereocenters. The molecule has 1 aromatic rings. The molecule has 0 radical (unpaired) electrons. The van der Waals surface area contributed by atoms with Gasteiger partial charge in [0.1, 0.15) is 0 Å². The summed E-state index contributed by atoms with van der Waals surface area (Å²) in [4.78, 5) is 0. The van der Waals surface area contributed by atoms with E-state index < -0.39 is 0 Å². The van der Waals surface area contributed by atoms with Crippen LogP contribution >= 0.6 is 0 Å². The van der Waals surface area contributed by atoms with E-state index in [0.717, 1.165) is 17.8 Å². The molecule has 0 unspecified atom stereocenters. The van der Waals surface area contributed by atoms with Crippen molar-refractivity contribution in [1.82, 2.24) is 0 Å². The Morgan fingerprint density at radius 1 is 1.33 bits per heavy atom. The Hall–Kier alpha value is -1.54. The van der Waals surface area contributed by atoms with Crippen molar-refractivity contribution >= 4 is 5.69 Å². The van der Waals surface area contributed by atoms with Gasteiger partial charge in [-0.2, -0.15) is 0 Å². The van der Waals surface area contributed by atoms with E-state index in [2.05, 4.69) is 12.1 Å². The molecule has 0 bridgehead atoms. The lowest BCUT2D eigenvalue weighted by atomic mass is 10.1. The molecule has 1 heterocycles. The van der Waals surface area contributed by atoms with Crippen LogP contribution in [0.15, 0.2) is 41.6 Å². The Balaban J connectivity index is 0.000000771. The van der Waals surface area contributed by atoms with Crippen molar-refractivity contribution in [3.05, 3.63) is 52.7 Å². The molecule has 1 N–H and O–H groups in total. The largest absolute Gasteiger partial charge is 0.284 e. The lowest BCUT2D eigenvalue weighted by Gasteiger charge is -2.12. The lowest BCUT2D eigenvalue weighted by molar-refractivity contribution is 0.287. The van der Waals surface area contributed by atoms with E-state index in [1.165, 1.54) is 21.8 Å². The lowest BCUT2D eigenvalue weighted by Crippen LogP contribution is -2.12. The topological polar surface area (TPSA) is 23.5 Å². The minimum Gasteiger partial charge on any atom is -0.284 e. The maximum Gasteiger partial charge on any atom is 0.0727 e. The standard InChI is InChI=1S/C14H17NO.C2H6/c1-4-10(2)7-13-9-12-6-5-11(3)8-14(12)15(13)16;1-2/h4-8,16H,9H2,1-3H3;1-2H3/b10-4-,13-7+;. The first-order valence-electron chi connectivity index (χ1n) is 6.54. The highest BCUT2D eigenvalue weighted by Gasteiger charge is 2.22. The predicted octanol–water partition coefficient (Wildman–Crippen LogP) is 4.62. The third kappa shape index (κ3) is 3.02. The number of hydroxylamine groups is 1. The fourth-order valence-corrected chi connectivity index (χ4v) is 1.90. The number of hydrogen-bond acceptors (Lipinski definition) is 2. The van der Waals surface area contributed by atoms with E-state index in [0.29, 0.717) is 0 Å². The van der Waals surface area contributed by atoms with Gasteiger partial charge in [-0.15, -0.1) is 0 Å². The van der Waals surface area contributed by atoms with Crippen LogP contribution in [0.3, 0.4) is 0 Å². The van der Waals surface area contributed by atoms with E-state index in [-0.39, 0.29) is 0 Å². The van der Waals surface area contributed by atoms with Gasteiger partial charge >= 0.3 is 0 Å². The van der Waals surface area contributed by atoms with E-state index in [9.17, 15) is 5.21 Å². The van der Waals surface area contributed by atoms with Gasteiger partial charge in [0.25, 0.3) is 0 Å². The van der Waals surface area contributed by atoms with Gasteiger partial charge in [-0.25, -0.2) is 5.06 Å². The Kier molecular flexibility index (Phi) is 5.17. The number of nitrogens with zero attached hydrogens (tertiary/aromatic N) is 1. The highest BCUT2D eigenvalue weighted by atomic mass is 16.5. The first kappa shape index (κ1) is 14.5. The second kappa shape index (κ2) is 6.41. The average Bonchev–Trinajstić information content (AvgIpc) is 2.69. The van der Waals surface area contributed by atoms with E-state index >= 15 is 0 Å². The molecule has 1 aliphatic rings. The van der Waals surface area contributed by atoms with Crippen molar-refractivity contribution in [2.45, 2.75) is 41.0 Å². The van der Waals surface area contributed by atoms with Gasteiger partial charge in [0.2, 0.25) is 0 Å². The molecule has 1 aliphatic heterocycles. The van der Waals surface area contributed by atoms with Gasteiger partial charge in [0.05, 0.1) is 11.4 Å². The van der Waals surface area contributed by atoms with Gasteiger partial charge in [0.15, 0.2) is 0 Å². The molecular formula is C16H23NO. The first-order valence-corrected chi connectivity index (χ1v) is 6.54. The molecular weight excluding hydrogens is 222 g/mol. The van der Waals surface area contributed by atoms with Crippen molar-refractivity contribution in [3.63, 3.8) is 0 Å². The number of allylic oxidation sites excluding steroid dienone is 4. The van der Waals surface area contributed by atoms with Gasteiger partial charge in [-0.05, 0) is 44.0 Å². The van der Waals surface area contributed by atoms with Crippen LogP contribution in [0.1, 0.15) is 38.8 Å². The fourth-order valence-electron chi connectivity index (χ4n) is 1.90. The normalized spacial score (nSPS) is 16.4. The summed E-state index contributed by atoms with van der Waals surface area (Å²) >= 11 is 0. The van der Waals surface area contributed by atoms with Crippen molar-refractivity contribution in [2.75, 3.05) is 5.06 Å². The quantitative estimate of drug-likeness (QED) is 0.780. The summed E-state index contributed by atoms with van der Waals surface area (Å²) in [6.07, 6.45) is 4.86. The summed E-state index contributed by atoms with van der Waals surface area (Å²) in [5.74, 6) is 0. The van der Waals surface area contributed by atoms with Crippen molar-refractivity contribution in [1.29, 1.82) is 0 Å². The molecule has 18 heavy (non-hydrogen) atoms. The predicted molar refractivity (Wildman–Crippen MR) is 78.0 cm³/mol. The summed E-state index contributed by atoms with van der Waals surface area (Å²) in [6, 6.07) is 6.18. The van der Waals surface area contributed by atoms with Crippen LogP contribution in [-0.2, 0) is 6.42 Å². The molecule has 98 valence electrons. The van der Waals surface area contributed by atoms with Gasteiger partial charge in [-0.3, -0.25) is 5.21 Å². The zero-order chi connectivity index (χ0) is 13.7. The van der Waals surface area contributed by atoms with Crippen LogP contribution in [-0.4, -0.2) is 5.21 Å². The molecule has 0 spiro atoms. The van der Waals surface area contributed by atoms with E-state index in [1.54, 1.807) is 0 Å². The first-order chi connectivity index (χ1) is 8.61. The van der Waals surface area contributed by atoms with Gasteiger partial charge in [0, 0.05) is 6.42 Å². The molecule has 0 fully saturated rings. The summed E-state index contributed by atoms with van der Waals surface area (Å²) in [7, 11) is 0. The monoisotopic (exact) mass is 245 g/mol. The number of fused-ring (bicyclic) bond motifs is 1. The highest BCUT2D eigenvalue weighted by molar-refractivity contribution is 5.64. The van der Waals surface area contributed by atoms with E-state index in [4.69, 9.17) is 0 Å². The van der Waals surface area contributed by atoms with E-state index in [1.807, 2.05) is 52.8 Å². The smallest absolute Gasteiger partial charge is 0.0727 e. The minimum absolute atomic E-state index is 0.803. The Bertz CT molecular complexity index is 472. The number of rotatable bonds is 1. The van der Waals surface area contributed by atoms with Crippen LogP contribution < -0.4 is 5.06 Å². The summed E-state index contributed by atoms with van der Waals surface area (Å²) in [6.45, 7) is 10.1. The molecule has 0 saturated carbocycles. The summed E-state index contributed by atoms with van der Waals surface area (Å²) in [5.41, 5.74) is 5.37. The number of aryl methyl sites for hydroxylation is 1. The zero-order valence-electron chi connectivity index (χ0n) is 12.0. The van der Waals surface area contributed by atoms with Crippen LogP contribution in [0.2, 0.25) is 0 Å². The molecule has 0 aromatic heterocycles. The average molecular weight is 245 g/mol. The number of hydrogen-bond donors (Lipinski definition) is 1. The molecule has 0 amide bonds. The van der Waals surface area contributed by atoms with Crippen molar-refractivity contribution in [3.8, 4) is 0 Å². The Morgan fingerprint density at radius 3 is 2.61 bits per heavy atom. The third-order valence-corrected chi connectivity index (χ3v) is 2.96. The molecule has 0 aliphatic carbocycles. The van der Waals surface area contributed by atoms with Crippen LogP contribution in [0.4, 0.5) is 5.69 Å². The molecule has 2 heteroatoms. The fraction of sp³-hybridized carbons (Fsp3) is 0.375. The molecule has 0 saturated heterocycles. The summed E-state index contributed by atoms with van der Waals surface area (Å²) in [5, 5.41) is 11.3. The van der Waals surface area contributed by atoms with Gasteiger partial charge in [-0.1, -0.05) is 37.6 Å². The SMILES string of the molecule is C/C=C(C)\C=C1/Cc2ccc(C)cc2N1O.CC. The maximum atomic E-state index is 10.0.